The van der Waals surface area contributed by atoms with Crippen LogP contribution >= 0.6 is 34.6 Å². The first-order chi connectivity index (χ1) is 13.7. The minimum absolute atomic E-state index is 0.524. The number of allylic oxidation sites excluding steroid dienone is 2. The molecule has 0 spiro atoms. The second kappa shape index (κ2) is 8.37. The number of anilines is 1. The minimum atomic E-state index is 0.524. The first kappa shape index (κ1) is 19.5. The summed E-state index contributed by atoms with van der Waals surface area (Å²) in [5.74, 6) is 2.46. The summed E-state index contributed by atoms with van der Waals surface area (Å²) in [6, 6.07) is 9.81. The lowest BCUT2D eigenvalue weighted by Gasteiger charge is -2.34. The van der Waals surface area contributed by atoms with E-state index in [9.17, 15) is 0 Å². The van der Waals surface area contributed by atoms with Gasteiger partial charge >= 0.3 is 0 Å². The molecule has 0 N–H and O–H groups in total. The largest absolute Gasteiger partial charge is 0.306 e. The van der Waals surface area contributed by atoms with Gasteiger partial charge in [0.05, 0.1) is 28.9 Å². The molecule has 2 fully saturated rings. The lowest BCUT2D eigenvalue weighted by molar-refractivity contribution is 0.330. The number of nitrogens with zero attached hydrogens (tertiary/aromatic N) is 1. The first-order valence-electron chi connectivity index (χ1n) is 11.3. The number of hydrogen-bond acceptors (Lipinski definition) is 2. The number of halogens is 1. The van der Waals surface area contributed by atoms with Crippen LogP contribution in [-0.4, -0.2) is 11.3 Å². The predicted molar refractivity (Wildman–Crippen MR) is 131 cm³/mol. The molecule has 28 heavy (non-hydrogen) atoms. The Morgan fingerprint density at radius 1 is 1.04 bits per heavy atom. The second-order valence-electron chi connectivity index (χ2n) is 9.36. The van der Waals surface area contributed by atoms with Gasteiger partial charge in [0.2, 0.25) is 0 Å². The van der Waals surface area contributed by atoms with Crippen LogP contribution in [0.3, 0.4) is 0 Å². The van der Waals surface area contributed by atoms with E-state index in [1.54, 1.807) is 16.0 Å². The lowest BCUT2D eigenvalue weighted by Crippen LogP contribution is -2.29. The Morgan fingerprint density at radius 2 is 1.86 bits per heavy atom. The topological polar surface area (TPSA) is 3.24 Å². The van der Waals surface area contributed by atoms with Crippen LogP contribution < -0.4 is 3.11 Å². The van der Waals surface area contributed by atoms with E-state index in [0.29, 0.717) is 6.04 Å². The minimum Gasteiger partial charge on any atom is -0.306 e. The van der Waals surface area contributed by atoms with Crippen molar-refractivity contribution in [3.05, 3.63) is 52.5 Å². The summed E-state index contributed by atoms with van der Waals surface area (Å²) in [5, 5.41) is 0.838. The van der Waals surface area contributed by atoms with E-state index in [-0.39, 0.29) is 0 Å². The summed E-state index contributed by atoms with van der Waals surface area (Å²) in [6.07, 6.45) is 17.3. The van der Waals surface area contributed by atoms with Crippen molar-refractivity contribution >= 4 is 40.3 Å². The summed E-state index contributed by atoms with van der Waals surface area (Å²) in [7, 11) is 0. The highest BCUT2D eigenvalue weighted by Crippen LogP contribution is 2.55. The molecular formula is C25H32INS. The van der Waals surface area contributed by atoms with Crippen LogP contribution in [-0.2, 0) is 0 Å². The van der Waals surface area contributed by atoms with E-state index in [1.807, 2.05) is 0 Å². The zero-order chi connectivity index (χ0) is 19.1. The van der Waals surface area contributed by atoms with E-state index in [1.165, 1.54) is 57.1 Å². The number of hydrogen-bond donors (Lipinski definition) is 0. The average molecular weight is 506 g/mol. The van der Waals surface area contributed by atoms with Crippen LogP contribution in [0.1, 0.15) is 76.2 Å². The van der Waals surface area contributed by atoms with Crippen molar-refractivity contribution < 1.29 is 0 Å². The molecule has 0 bridgehead atoms. The van der Waals surface area contributed by atoms with Gasteiger partial charge in [0.1, 0.15) is 0 Å². The molecule has 5 rings (SSSR count). The fraction of sp³-hybridized carbons (Fsp3) is 0.600. The normalized spacial score (nSPS) is 32.9. The van der Waals surface area contributed by atoms with Gasteiger partial charge in [-0.2, -0.15) is 0 Å². The number of rotatable bonds is 3. The quantitative estimate of drug-likeness (QED) is 0.302. The van der Waals surface area contributed by atoms with Gasteiger partial charge in [-0.15, -0.1) is 11.8 Å². The third kappa shape index (κ3) is 3.59. The molecule has 0 amide bonds. The van der Waals surface area contributed by atoms with E-state index >= 15 is 0 Å². The fourth-order valence-corrected chi connectivity index (χ4v) is 8.80. The van der Waals surface area contributed by atoms with Crippen molar-refractivity contribution in [1.82, 2.24) is 0 Å². The molecule has 150 valence electrons. The number of benzene rings is 1. The van der Waals surface area contributed by atoms with Crippen molar-refractivity contribution in [2.45, 2.75) is 81.9 Å². The molecule has 1 aromatic rings. The van der Waals surface area contributed by atoms with Gasteiger partial charge in [0.15, 0.2) is 0 Å². The molecule has 3 heteroatoms. The molecule has 0 aromatic heterocycles. The Balaban J connectivity index is 1.44. The Hall–Kier alpha value is -0.420. The van der Waals surface area contributed by atoms with Crippen LogP contribution in [0.25, 0.3) is 0 Å². The van der Waals surface area contributed by atoms with Gasteiger partial charge in [-0.3, -0.25) is 0 Å². The number of thioether (sulfide) groups is 1. The molecule has 2 saturated carbocycles. The zero-order valence-corrected chi connectivity index (χ0v) is 19.9. The van der Waals surface area contributed by atoms with Gasteiger partial charge in [-0.25, -0.2) is 0 Å². The SMILES string of the molecule is C[C@@H]1CCC2SC3=C(C=CCC3N(I)c3ccccc3C3CCCCC3)C2C1. The molecule has 1 aliphatic heterocycles. The van der Waals surface area contributed by atoms with Crippen molar-refractivity contribution in [2.75, 3.05) is 3.11 Å². The third-order valence-corrected chi connectivity index (χ3v) is 10.3. The van der Waals surface area contributed by atoms with Crippen molar-refractivity contribution in [2.24, 2.45) is 11.8 Å². The van der Waals surface area contributed by atoms with Gasteiger partial charge in [-0.1, -0.05) is 56.5 Å². The highest BCUT2D eigenvalue weighted by Gasteiger charge is 2.42. The standard InChI is InChI=1S/C25H32INS/c1-17-14-15-24-21(16-17)20-11-7-13-23(25(20)28-24)27(26)22-12-6-5-10-19(22)18-8-3-2-4-9-18/h5-7,10-12,17-18,21,23-24H,2-4,8-9,13-16H2,1H3/t17-,21?,23?,24?/m1/s1. The molecule has 3 aliphatic carbocycles. The van der Waals surface area contributed by atoms with Crippen LogP contribution in [0.5, 0.6) is 0 Å². The molecule has 1 aromatic carbocycles. The smallest absolute Gasteiger partial charge is 0.0738 e. The summed E-state index contributed by atoms with van der Waals surface area (Å²) in [6.45, 7) is 2.45. The fourth-order valence-electron chi connectivity index (χ4n) is 5.95. The number of fused-ring (bicyclic) bond motifs is 2. The van der Waals surface area contributed by atoms with Gasteiger partial charge in [-0.05, 0) is 73.5 Å². The van der Waals surface area contributed by atoms with Gasteiger partial charge in [0, 0.05) is 15.8 Å². The van der Waals surface area contributed by atoms with Crippen LogP contribution in [0, 0.1) is 11.8 Å². The van der Waals surface area contributed by atoms with Crippen LogP contribution in [0.4, 0.5) is 5.69 Å². The molecule has 1 nitrogen and oxygen atoms in total. The van der Waals surface area contributed by atoms with E-state index < -0.39 is 0 Å². The van der Waals surface area contributed by atoms with Gasteiger partial charge in [0.25, 0.3) is 0 Å². The molecule has 4 aliphatic rings. The first-order valence-corrected chi connectivity index (χ1v) is 13.2. The Labute approximate surface area is 188 Å². The number of para-hydroxylation sites is 1. The van der Waals surface area contributed by atoms with E-state index in [4.69, 9.17) is 0 Å². The predicted octanol–water partition coefficient (Wildman–Crippen LogP) is 8.02. The van der Waals surface area contributed by atoms with E-state index in [0.717, 1.165) is 29.4 Å². The molecule has 3 unspecified atom stereocenters. The maximum Gasteiger partial charge on any atom is 0.0738 e. The third-order valence-electron chi connectivity index (χ3n) is 7.46. The summed E-state index contributed by atoms with van der Waals surface area (Å²) in [4.78, 5) is 1.69. The summed E-state index contributed by atoms with van der Waals surface area (Å²) >= 11 is 4.87. The van der Waals surface area contributed by atoms with E-state index in [2.05, 4.69) is 81.1 Å². The maximum atomic E-state index is 2.63. The molecule has 4 atom stereocenters. The van der Waals surface area contributed by atoms with Crippen molar-refractivity contribution in [3.63, 3.8) is 0 Å². The lowest BCUT2D eigenvalue weighted by atomic mass is 9.77. The van der Waals surface area contributed by atoms with Crippen molar-refractivity contribution in [1.29, 1.82) is 0 Å². The highest BCUT2D eigenvalue weighted by atomic mass is 127. The van der Waals surface area contributed by atoms with Gasteiger partial charge < -0.3 is 3.11 Å². The molecule has 0 radical (unpaired) electrons. The van der Waals surface area contributed by atoms with Crippen molar-refractivity contribution in [3.8, 4) is 0 Å². The average Bonchev–Trinajstić information content (AvgIpc) is 3.12. The molecule has 0 saturated heterocycles. The molecular weight excluding hydrogens is 473 g/mol. The second-order valence-corrected chi connectivity index (χ2v) is 11.7. The van der Waals surface area contributed by atoms with Crippen LogP contribution in [0.2, 0.25) is 0 Å². The Kier molecular flexibility index (Phi) is 5.84. The summed E-state index contributed by atoms with van der Waals surface area (Å²) < 4.78 is 2.61. The maximum absolute atomic E-state index is 2.63. The highest BCUT2D eigenvalue weighted by molar-refractivity contribution is 14.1. The van der Waals surface area contributed by atoms with Crippen LogP contribution in [0.15, 0.2) is 46.9 Å². The Morgan fingerprint density at radius 3 is 2.71 bits per heavy atom. The molecule has 1 heterocycles. The zero-order valence-electron chi connectivity index (χ0n) is 16.9. The monoisotopic (exact) mass is 505 g/mol. The Bertz CT molecular complexity index is 779. The summed E-state index contributed by atoms with van der Waals surface area (Å²) in [5.41, 5.74) is 4.77.